The van der Waals surface area contributed by atoms with Crippen molar-refractivity contribution in [2.75, 3.05) is 0 Å². The van der Waals surface area contributed by atoms with Crippen molar-refractivity contribution < 1.29 is 4.74 Å². The first kappa shape index (κ1) is 32.5. The molecule has 0 radical (unpaired) electrons. The molecule has 0 spiro atoms. The van der Waals surface area contributed by atoms with Crippen LogP contribution in [0.3, 0.4) is 0 Å². The maximum atomic E-state index is 6.75. The van der Waals surface area contributed by atoms with Crippen LogP contribution in [-0.2, 0) is 0 Å². The number of pyridine rings is 2. The van der Waals surface area contributed by atoms with Crippen LogP contribution in [0.25, 0.3) is 110 Å². The van der Waals surface area contributed by atoms with Crippen LogP contribution in [-0.4, -0.2) is 27.9 Å². The summed E-state index contributed by atoms with van der Waals surface area (Å²) in [5.74, 6) is 1.49. The largest absolute Gasteiger partial charge is 0.457 e. The van der Waals surface area contributed by atoms with Crippen LogP contribution in [0.2, 0.25) is 0 Å². The standard InChI is InChI=1S/C54H32N6O/c1-3-11-33(12-4-1)59-45-17-9-7-15-41(45)49-47(59)25-23-39-37-21-19-35(31-43(37)53-55-27-29-57(53)51(39)49)61-36-20-22-38-40-24-26-48-50(52(40)58-30-28-56-54(58)44(38)32-36)42-16-8-10-18-46(42)60(48)34-13-5-2-6-14-34/h1-32H. The summed E-state index contributed by atoms with van der Waals surface area (Å²) in [6, 6.07) is 60.4. The highest BCUT2D eigenvalue weighted by Gasteiger charge is 2.21. The predicted molar refractivity (Wildman–Crippen MR) is 249 cm³/mol. The molecule has 0 bridgehead atoms. The predicted octanol–water partition coefficient (Wildman–Crippen LogP) is 13.6. The molecule has 8 aromatic carbocycles. The zero-order chi connectivity index (χ0) is 39.8. The van der Waals surface area contributed by atoms with Gasteiger partial charge in [-0.25, -0.2) is 9.97 Å². The lowest BCUT2D eigenvalue weighted by molar-refractivity contribution is 0.484. The normalized spacial score (nSPS) is 12.3. The lowest BCUT2D eigenvalue weighted by atomic mass is 10.0. The Balaban J connectivity index is 0.934. The number of benzene rings is 8. The third-order valence-corrected chi connectivity index (χ3v) is 12.7. The zero-order valence-corrected chi connectivity index (χ0v) is 32.6. The van der Waals surface area contributed by atoms with Gasteiger partial charge >= 0.3 is 0 Å². The molecule has 0 saturated carbocycles. The van der Waals surface area contributed by atoms with Crippen molar-refractivity contribution in [2.45, 2.75) is 0 Å². The van der Waals surface area contributed by atoms with Crippen molar-refractivity contribution in [3.05, 3.63) is 195 Å². The van der Waals surface area contributed by atoms with Gasteiger partial charge in [0.2, 0.25) is 0 Å². The second-order valence-electron chi connectivity index (χ2n) is 15.8. The highest BCUT2D eigenvalue weighted by atomic mass is 16.5. The molecule has 7 heteroatoms. The van der Waals surface area contributed by atoms with Crippen LogP contribution < -0.4 is 4.74 Å². The smallest absolute Gasteiger partial charge is 0.145 e. The van der Waals surface area contributed by atoms with Gasteiger partial charge in [-0.2, -0.15) is 0 Å². The Morgan fingerprint density at radius 1 is 0.344 bits per heavy atom. The summed E-state index contributed by atoms with van der Waals surface area (Å²) >= 11 is 0. The fourth-order valence-corrected chi connectivity index (χ4v) is 10.2. The molecular weight excluding hydrogens is 749 g/mol. The van der Waals surface area contributed by atoms with E-state index in [1.807, 2.05) is 12.4 Å². The van der Waals surface area contributed by atoms with Crippen LogP contribution in [0.1, 0.15) is 0 Å². The van der Waals surface area contributed by atoms with Crippen molar-refractivity contribution in [3.8, 4) is 22.9 Å². The minimum Gasteiger partial charge on any atom is -0.457 e. The van der Waals surface area contributed by atoms with E-state index in [9.17, 15) is 0 Å². The molecule has 0 saturated heterocycles. The number of hydrogen-bond donors (Lipinski definition) is 0. The lowest BCUT2D eigenvalue weighted by Gasteiger charge is -2.14. The summed E-state index contributed by atoms with van der Waals surface area (Å²) in [6.07, 6.45) is 7.95. The zero-order valence-electron chi connectivity index (χ0n) is 32.6. The van der Waals surface area contributed by atoms with Crippen LogP contribution in [0.5, 0.6) is 11.5 Å². The van der Waals surface area contributed by atoms with E-state index in [1.54, 1.807) is 0 Å². The highest BCUT2D eigenvalue weighted by Crippen LogP contribution is 2.43. The van der Waals surface area contributed by atoms with Gasteiger partial charge in [-0.1, -0.05) is 84.9 Å². The van der Waals surface area contributed by atoms with E-state index in [2.05, 4.69) is 200 Å². The van der Waals surface area contributed by atoms with Gasteiger partial charge in [0.05, 0.1) is 33.1 Å². The minimum atomic E-state index is 0.744. The molecule has 0 amide bonds. The first-order valence-electron chi connectivity index (χ1n) is 20.6. The van der Waals surface area contributed by atoms with Crippen molar-refractivity contribution in [1.82, 2.24) is 27.9 Å². The number of aromatic nitrogens is 6. The Hall–Kier alpha value is -8.42. The van der Waals surface area contributed by atoms with Crippen LogP contribution in [0.15, 0.2) is 195 Å². The molecule has 6 aromatic heterocycles. The fourth-order valence-electron chi connectivity index (χ4n) is 10.2. The fraction of sp³-hybridized carbons (Fsp3) is 0. The second-order valence-corrected chi connectivity index (χ2v) is 15.8. The summed E-state index contributed by atoms with van der Waals surface area (Å²) in [5.41, 5.74) is 11.0. The molecule has 7 nitrogen and oxygen atoms in total. The molecule has 61 heavy (non-hydrogen) atoms. The Kier molecular flexibility index (Phi) is 6.43. The molecule has 14 aromatic rings. The van der Waals surface area contributed by atoms with Crippen LogP contribution >= 0.6 is 0 Å². The van der Waals surface area contributed by atoms with E-state index in [-0.39, 0.29) is 0 Å². The molecular formula is C54H32N6O. The van der Waals surface area contributed by atoms with Gasteiger partial charge in [0, 0.05) is 79.3 Å². The molecule has 0 N–H and O–H groups in total. The average molecular weight is 781 g/mol. The van der Waals surface area contributed by atoms with E-state index in [0.29, 0.717) is 0 Å². The molecule has 0 fully saturated rings. The number of fused-ring (bicyclic) bond motifs is 20. The van der Waals surface area contributed by atoms with Gasteiger partial charge in [0.1, 0.15) is 22.8 Å². The summed E-state index contributed by atoms with van der Waals surface area (Å²) < 4.78 is 16.0. The van der Waals surface area contributed by atoms with E-state index >= 15 is 0 Å². The topological polar surface area (TPSA) is 53.7 Å². The third kappa shape index (κ3) is 4.41. The van der Waals surface area contributed by atoms with E-state index in [1.165, 1.54) is 32.6 Å². The van der Waals surface area contributed by atoms with E-state index in [4.69, 9.17) is 14.7 Å². The van der Waals surface area contributed by atoms with Crippen molar-refractivity contribution >= 4 is 98.3 Å². The first-order valence-corrected chi connectivity index (χ1v) is 20.6. The molecule has 0 aliphatic carbocycles. The highest BCUT2D eigenvalue weighted by molar-refractivity contribution is 6.27. The van der Waals surface area contributed by atoms with Crippen molar-refractivity contribution in [1.29, 1.82) is 0 Å². The Morgan fingerprint density at radius 2 is 0.770 bits per heavy atom. The number of rotatable bonds is 4. The lowest BCUT2D eigenvalue weighted by Crippen LogP contribution is -1.95. The summed E-state index contributed by atoms with van der Waals surface area (Å²) in [4.78, 5) is 9.88. The summed E-state index contributed by atoms with van der Waals surface area (Å²) in [5, 5.41) is 11.5. The molecule has 6 heterocycles. The Labute approximate surface area is 347 Å². The number of imidazole rings is 2. The Bertz CT molecular complexity index is 3870. The monoisotopic (exact) mass is 780 g/mol. The van der Waals surface area contributed by atoms with Crippen LogP contribution in [0, 0.1) is 0 Å². The van der Waals surface area contributed by atoms with Gasteiger partial charge in [0.25, 0.3) is 0 Å². The second kappa shape index (κ2) is 12.1. The molecule has 0 aliphatic heterocycles. The summed E-state index contributed by atoms with van der Waals surface area (Å²) in [7, 11) is 0. The minimum absolute atomic E-state index is 0.744. The Morgan fingerprint density at radius 3 is 1.25 bits per heavy atom. The van der Waals surface area contributed by atoms with Crippen molar-refractivity contribution in [3.63, 3.8) is 0 Å². The maximum Gasteiger partial charge on any atom is 0.145 e. The van der Waals surface area contributed by atoms with E-state index < -0.39 is 0 Å². The molecule has 0 unspecified atom stereocenters. The number of nitrogens with zero attached hydrogens (tertiary/aromatic N) is 6. The van der Waals surface area contributed by atoms with E-state index in [0.717, 1.165) is 88.6 Å². The number of ether oxygens (including phenoxy) is 1. The SMILES string of the molecule is c1ccc(-n2c3ccccc3c3c2ccc2c4ccc(Oc5ccc6c(c5)c5nccn5c5c6ccc6c5c5ccccc5n6-c5ccccc5)cc4c4nccn4c23)cc1. The maximum absolute atomic E-state index is 6.75. The first-order chi connectivity index (χ1) is 30.3. The molecule has 0 atom stereocenters. The van der Waals surface area contributed by atoms with Crippen LogP contribution in [0.4, 0.5) is 0 Å². The molecule has 14 rings (SSSR count). The number of para-hydroxylation sites is 4. The third-order valence-electron chi connectivity index (χ3n) is 12.7. The van der Waals surface area contributed by atoms with Gasteiger partial charge in [-0.15, -0.1) is 0 Å². The average Bonchev–Trinajstić information content (AvgIpc) is 4.13. The summed E-state index contributed by atoms with van der Waals surface area (Å²) in [6.45, 7) is 0. The van der Waals surface area contributed by atoms with Gasteiger partial charge in [-0.3, -0.25) is 8.80 Å². The molecule has 0 aliphatic rings. The number of hydrogen-bond acceptors (Lipinski definition) is 3. The quantitative estimate of drug-likeness (QED) is 0.167. The van der Waals surface area contributed by atoms with Gasteiger partial charge in [-0.05, 0) is 95.7 Å². The molecule has 284 valence electrons. The van der Waals surface area contributed by atoms with Gasteiger partial charge in [0.15, 0.2) is 0 Å². The van der Waals surface area contributed by atoms with Crippen molar-refractivity contribution in [2.24, 2.45) is 0 Å². The van der Waals surface area contributed by atoms with Gasteiger partial charge < -0.3 is 13.9 Å².